The molecule has 2 aromatic rings. The van der Waals surface area contributed by atoms with Gasteiger partial charge in [-0.15, -0.1) is 11.3 Å². The quantitative estimate of drug-likeness (QED) is 0.816. The molecule has 0 saturated heterocycles. The number of nitriles is 1. The van der Waals surface area contributed by atoms with Crippen LogP contribution < -0.4 is 5.32 Å². The summed E-state index contributed by atoms with van der Waals surface area (Å²) in [5, 5.41) is 13.1. The molecule has 0 fully saturated rings. The molecule has 24 heavy (non-hydrogen) atoms. The van der Waals surface area contributed by atoms with Gasteiger partial charge in [0.2, 0.25) is 5.91 Å². The van der Waals surface area contributed by atoms with Gasteiger partial charge in [0.15, 0.2) is 0 Å². The topological polar surface area (TPSA) is 52.9 Å². The molecule has 0 aliphatic heterocycles. The molecule has 1 aromatic heterocycles. The number of anilines is 1. The molecule has 4 heteroatoms. The van der Waals surface area contributed by atoms with Crippen molar-refractivity contribution in [2.75, 3.05) is 5.32 Å². The van der Waals surface area contributed by atoms with Gasteiger partial charge in [-0.25, -0.2) is 0 Å². The molecule has 3 rings (SSSR count). The third-order valence-electron chi connectivity index (χ3n) is 4.52. The van der Waals surface area contributed by atoms with Gasteiger partial charge in [0.25, 0.3) is 0 Å². The fraction of sp³-hybridized carbons (Fsp3) is 0.300. The summed E-state index contributed by atoms with van der Waals surface area (Å²) in [4.78, 5) is 13.5. The van der Waals surface area contributed by atoms with E-state index in [1.165, 1.54) is 17.4 Å². The van der Waals surface area contributed by atoms with E-state index in [0.717, 1.165) is 30.4 Å². The van der Waals surface area contributed by atoms with Crippen molar-refractivity contribution in [2.45, 2.75) is 32.6 Å². The summed E-state index contributed by atoms with van der Waals surface area (Å²) < 4.78 is 0. The van der Waals surface area contributed by atoms with E-state index in [0.29, 0.717) is 16.5 Å². The van der Waals surface area contributed by atoms with Crippen LogP contribution in [0.2, 0.25) is 0 Å². The van der Waals surface area contributed by atoms with Crippen molar-refractivity contribution in [3.8, 4) is 6.07 Å². The highest BCUT2D eigenvalue weighted by Crippen LogP contribution is 2.39. The summed E-state index contributed by atoms with van der Waals surface area (Å²) in [6, 6.07) is 12.0. The van der Waals surface area contributed by atoms with Crippen molar-refractivity contribution in [1.82, 2.24) is 0 Å². The number of hydrogen-bond donors (Lipinski definition) is 1. The van der Waals surface area contributed by atoms with Crippen molar-refractivity contribution in [3.05, 3.63) is 58.0 Å². The molecule has 0 bridgehead atoms. The van der Waals surface area contributed by atoms with Crippen LogP contribution in [0.5, 0.6) is 0 Å². The fourth-order valence-corrected chi connectivity index (χ4v) is 4.41. The van der Waals surface area contributed by atoms with Crippen molar-refractivity contribution < 1.29 is 4.79 Å². The lowest BCUT2D eigenvalue weighted by Crippen LogP contribution is -2.12. The average Bonchev–Trinajstić information content (AvgIpc) is 2.96. The highest BCUT2D eigenvalue weighted by atomic mass is 32.1. The minimum Gasteiger partial charge on any atom is -0.313 e. The Morgan fingerprint density at radius 1 is 1.42 bits per heavy atom. The van der Waals surface area contributed by atoms with Crippen LogP contribution in [0.15, 0.2) is 36.4 Å². The number of thiophene rings is 1. The molecule has 1 amide bonds. The lowest BCUT2D eigenvalue weighted by atomic mass is 9.86. The van der Waals surface area contributed by atoms with Gasteiger partial charge in [0.05, 0.1) is 5.56 Å². The van der Waals surface area contributed by atoms with Crippen LogP contribution in [0.4, 0.5) is 5.00 Å². The molecule has 1 atom stereocenters. The summed E-state index contributed by atoms with van der Waals surface area (Å²) in [5.74, 6) is 0.505. The van der Waals surface area contributed by atoms with Crippen LogP contribution >= 0.6 is 11.3 Å². The monoisotopic (exact) mass is 336 g/mol. The van der Waals surface area contributed by atoms with Gasteiger partial charge in [-0.05, 0) is 42.4 Å². The summed E-state index contributed by atoms with van der Waals surface area (Å²) in [5.41, 5.74) is 2.78. The molecular formula is C20H20N2OS. The van der Waals surface area contributed by atoms with Crippen molar-refractivity contribution in [1.29, 1.82) is 5.26 Å². The first kappa shape index (κ1) is 16.5. The van der Waals surface area contributed by atoms with Crippen LogP contribution in [-0.2, 0) is 17.6 Å². The van der Waals surface area contributed by atoms with E-state index in [4.69, 9.17) is 0 Å². The molecular weight excluding hydrogens is 316 g/mol. The lowest BCUT2D eigenvalue weighted by molar-refractivity contribution is -0.111. The lowest BCUT2D eigenvalue weighted by Gasteiger charge is -2.20. The van der Waals surface area contributed by atoms with E-state index >= 15 is 0 Å². The number of fused-ring (bicyclic) bond motifs is 1. The summed E-state index contributed by atoms with van der Waals surface area (Å²) >= 11 is 1.57. The first-order valence-electron chi connectivity index (χ1n) is 8.30. The molecule has 1 unspecified atom stereocenters. The number of nitrogens with zero attached hydrogens (tertiary/aromatic N) is 1. The molecule has 0 radical (unpaired) electrons. The number of rotatable bonds is 4. The van der Waals surface area contributed by atoms with E-state index < -0.39 is 0 Å². The largest absolute Gasteiger partial charge is 0.313 e. The van der Waals surface area contributed by atoms with Crippen LogP contribution in [0.1, 0.15) is 41.3 Å². The number of carbonyl (C=O) groups is 1. The van der Waals surface area contributed by atoms with Crippen molar-refractivity contribution >= 4 is 28.3 Å². The summed E-state index contributed by atoms with van der Waals surface area (Å²) in [6.07, 6.45) is 7.58. The summed E-state index contributed by atoms with van der Waals surface area (Å²) in [6.45, 7) is 2.21. The number of benzene rings is 1. The zero-order valence-corrected chi connectivity index (χ0v) is 14.5. The predicted octanol–water partition coefficient (Wildman–Crippen LogP) is 4.79. The predicted molar refractivity (Wildman–Crippen MR) is 98.9 cm³/mol. The van der Waals surface area contributed by atoms with Gasteiger partial charge in [0, 0.05) is 11.0 Å². The highest BCUT2D eigenvalue weighted by Gasteiger charge is 2.25. The Balaban J connectivity index is 1.76. The molecule has 1 aliphatic carbocycles. The third-order valence-corrected chi connectivity index (χ3v) is 5.69. The smallest absolute Gasteiger partial charge is 0.249 e. The normalized spacial score (nSPS) is 16.6. The summed E-state index contributed by atoms with van der Waals surface area (Å²) in [7, 11) is 0. The zero-order valence-electron chi connectivity index (χ0n) is 13.7. The molecule has 0 spiro atoms. The van der Waals surface area contributed by atoms with Crippen molar-refractivity contribution in [3.63, 3.8) is 0 Å². The number of hydrogen-bond acceptors (Lipinski definition) is 3. The van der Waals surface area contributed by atoms with Gasteiger partial charge in [-0.3, -0.25) is 4.79 Å². The first-order chi connectivity index (χ1) is 11.7. The van der Waals surface area contributed by atoms with E-state index in [9.17, 15) is 10.1 Å². The third kappa shape index (κ3) is 3.58. The van der Waals surface area contributed by atoms with Crippen LogP contribution in [0.3, 0.4) is 0 Å². The van der Waals surface area contributed by atoms with Gasteiger partial charge in [-0.2, -0.15) is 5.26 Å². The second-order valence-corrected chi connectivity index (χ2v) is 7.18. The number of carbonyl (C=O) groups excluding carboxylic acids is 1. The van der Waals surface area contributed by atoms with E-state index in [1.807, 2.05) is 30.3 Å². The Morgan fingerprint density at radius 2 is 2.21 bits per heavy atom. The molecule has 1 aromatic carbocycles. The number of nitrogens with one attached hydrogen (secondary N) is 1. The van der Waals surface area contributed by atoms with E-state index in [-0.39, 0.29) is 5.91 Å². The molecule has 1 aliphatic rings. The van der Waals surface area contributed by atoms with Gasteiger partial charge >= 0.3 is 0 Å². The standard InChI is InChI=1S/C20H20N2OS/c1-2-14-8-10-16-17(13-21)20(24-18(16)12-14)22-19(23)11-9-15-6-4-3-5-7-15/h3-7,9,11,14H,2,8,10,12H2,1H3,(H,22,23)/b11-9+. The van der Waals surface area contributed by atoms with Gasteiger partial charge in [0.1, 0.15) is 11.1 Å². The maximum atomic E-state index is 12.2. The molecule has 3 nitrogen and oxygen atoms in total. The van der Waals surface area contributed by atoms with Crippen LogP contribution in [0.25, 0.3) is 6.08 Å². The highest BCUT2D eigenvalue weighted by molar-refractivity contribution is 7.16. The van der Waals surface area contributed by atoms with Gasteiger partial charge in [-0.1, -0.05) is 43.7 Å². The molecule has 122 valence electrons. The molecule has 1 heterocycles. The Morgan fingerprint density at radius 3 is 2.92 bits per heavy atom. The second kappa shape index (κ2) is 7.46. The maximum absolute atomic E-state index is 12.2. The van der Waals surface area contributed by atoms with Crippen molar-refractivity contribution in [2.24, 2.45) is 5.92 Å². The van der Waals surface area contributed by atoms with Crippen LogP contribution in [-0.4, -0.2) is 5.91 Å². The zero-order chi connectivity index (χ0) is 16.9. The Labute approximate surface area is 146 Å². The fourth-order valence-electron chi connectivity index (χ4n) is 3.10. The van der Waals surface area contributed by atoms with Crippen LogP contribution in [0, 0.1) is 17.2 Å². The number of amides is 1. The molecule has 0 saturated carbocycles. The van der Waals surface area contributed by atoms with E-state index in [2.05, 4.69) is 18.3 Å². The Kier molecular flexibility index (Phi) is 5.12. The molecule has 1 N–H and O–H groups in total. The average molecular weight is 336 g/mol. The maximum Gasteiger partial charge on any atom is 0.249 e. The second-order valence-electron chi connectivity index (χ2n) is 6.07. The minimum absolute atomic E-state index is 0.194. The Bertz CT molecular complexity index is 799. The van der Waals surface area contributed by atoms with E-state index in [1.54, 1.807) is 17.4 Å². The van der Waals surface area contributed by atoms with Gasteiger partial charge < -0.3 is 5.32 Å². The SMILES string of the molecule is CCC1CCc2c(sc(NC(=O)/C=C/c3ccccc3)c2C#N)C1. The first-order valence-corrected chi connectivity index (χ1v) is 9.11. The Hall–Kier alpha value is -2.38. The minimum atomic E-state index is -0.194.